The van der Waals surface area contributed by atoms with Gasteiger partial charge in [-0.3, -0.25) is 0 Å². The summed E-state index contributed by atoms with van der Waals surface area (Å²) in [5.41, 5.74) is 2.32. The fraction of sp³-hybridized carbons (Fsp3) is 0.125. The second-order valence-electron chi connectivity index (χ2n) is 4.71. The van der Waals surface area contributed by atoms with Gasteiger partial charge in [0.15, 0.2) is 0 Å². The first-order chi connectivity index (χ1) is 9.56. The van der Waals surface area contributed by atoms with E-state index in [2.05, 4.69) is 15.9 Å². The highest BCUT2D eigenvalue weighted by atomic mass is 79.9. The Bertz CT molecular complexity index is 779. The molecule has 1 heterocycles. The molecule has 0 aliphatic heterocycles. The Balaban J connectivity index is 2.08. The van der Waals surface area contributed by atoms with Crippen LogP contribution in [0.2, 0.25) is 0 Å². The summed E-state index contributed by atoms with van der Waals surface area (Å²) in [6, 6.07) is 11.6. The number of halogens is 2. The molecule has 2 nitrogen and oxygen atoms in total. The van der Waals surface area contributed by atoms with Crippen molar-refractivity contribution in [2.24, 2.45) is 0 Å². The maximum atomic E-state index is 13.2. The Labute approximate surface area is 124 Å². The third-order valence-electron chi connectivity index (χ3n) is 3.28. The summed E-state index contributed by atoms with van der Waals surface area (Å²) in [4.78, 5) is 0. The summed E-state index contributed by atoms with van der Waals surface area (Å²) < 4.78 is 19.6. The zero-order chi connectivity index (χ0) is 14.3. The van der Waals surface area contributed by atoms with Crippen LogP contribution in [0.3, 0.4) is 0 Å². The molecule has 0 amide bonds. The smallest absolute Gasteiger partial charge is 0.138 e. The molecule has 0 bridgehead atoms. The Hall–Kier alpha value is -1.65. The van der Waals surface area contributed by atoms with E-state index in [0.29, 0.717) is 16.7 Å². The number of hydrogen-bond acceptors (Lipinski definition) is 2. The molecule has 1 aromatic heterocycles. The monoisotopic (exact) mass is 334 g/mol. The molecular weight excluding hydrogens is 323 g/mol. The quantitative estimate of drug-likeness (QED) is 0.735. The predicted octanol–water partition coefficient (Wildman–Crippen LogP) is 4.72. The van der Waals surface area contributed by atoms with Crippen molar-refractivity contribution < 1.29 is 13.9 Å². The molecule has 0 radical (unpaired) electrons. The first-order valence-corrected chi connectivity index (χ1v) is 6.97. The van der Waals surface area contributed by atoms with Crippen LogP contribution in [0.1, 0.15) is 23.0 Å². The molecule has 1 N–H and O–H groups in total. The van der Waals surface area contributed by atoms with E-state index in [9.17, 15) is 9.50 Å². The van der Waals surface area contributed by atoms with Crippen LogP contribution in [-0.4, -0.2) is 5.11 Å². The molecule has 1 unspecified atom stereocenters. The largest absolute Gasteiger partial charge is 0.458 e. The van der Waals surface area contributed by atoms with Gasteiger partial charge in [0.25, 0.3) is 0 Å². The van der Waals surface area contributed by atoms with E-state index in [1.54, 1.807) is 12.1 Å². The van der Waals surface area contributed by atoms with Crippen LogP contribution in [0, 0.1) is 12.7 Å². The van der Waals surface area contributed by atoms with Gasteiger partial charge in [-0.2, -0.15) is 0 Å². The van der Waals surface area contributed by atoms with E-state index >= 15 is 0 Å². The van der Waals surface area contributed by atoms with Gasteiger partial charge in [0, 0.05) is 15.4 Å². The van der Waals surface area contributed by atoms with Crippen LogP contribution in [-0.2, 0) is 0 Å². The molecule has 2 aromatic carbocycles. The average molecular weight is 335 g/mol. The number of aryl methyl sites for hydroxylation is 1. The maximum absolute atomic E-state index is 13.2. The summed E-state index contributed by atoms with van der Waals surface area (Å²) in [7, 11) is 0. The molecule has 3 aromatic rings. The molecule has 0 aliphatic carbocycles. The Morgan fingerprint density at radius 2 is 2.00 bits per heavy atom. The van der Waals surface area contributed by atoms with Crippen LogP contribution in [0.15, 0.2) is 51.4 Å². The lowest BCUT2D eigenvalue weighted by molar-refractivity contribution is 0.191. The topological polar surface area (TPSA) is 33.4 Å². The molecule has 20 heavy (non-hydrogen) atoms. The minimum atomic E-state index is -0.889. The predicted molar refractivity (Wildman–Crippen MR) is 79.1 cm³/mol. The molecule has 0 saturated heterocycles. The summed E-state index contributed by atoms with van der Waals surface area (Å²) in [6.07, 6.45) is -0.889. The van der Waals surface area contributed by atoms with Crippen molar-refractivity contribution in [3.05, 3.63) is 69.6 Å². The lowest BCUT2D eigenvalue weighted by atomic mass is 10.0. The number of aliphatic hydroxyl groups is 1. The van der Waals surface area contributed by atoms with Crippen molar-refractivity contribution in [1.82, 2.24) is 0 Å². The van der Waals surface area contributed by atoms with Crippen LogP contribution >= 0.6 is 15.9 Å². The second-order valence-corrected chi connectivity index (χ2v) is 5.50. The molecule has 1 atom stereocenters. The molecular formula is C16H12BrFO2. The third-order valence-corrected chi connectivity index (χ3v) is 4.37. The SMILES string of the molecule is Cc1cccc(C(O)c2cc3cc(F)ccc3o2)c1Br. The zero-order valence-corrected chi connectivity index (χ0v) is 12.3. The normalized spacial score (nSPS) is 12.8. The lowest BCUT2D eigenvalue weighted by Crippen LogP contribution is -1.99. The first-order valence-electron chi connectivity index (χ1n) is 6.18. The van der Waals surface area contributed by atoms with Gasteiger partial charge in [0.2, 0.25) is 0 Å². The van der Waals surface area contributed by atoms with Gasteiger partial charge in [-0.25, -0.2) is 4.39 Å². The number of rotatable bonds is 2. The van der Waals surface area contributed by atoms with Crippen molar-refractivity contribution in [3.8, 4) is 0 Å². The highest BCUT2D eigenvalue weighted by Gasteiger charge is 2.19. The zero-order valence-electron chi connectivity index (χ0n) is 10.7. The summed E-state index contributed by atoms with van der Waals surface area (Å²) in [6.45, 7) is 1.95. The number of fused-ring (bicyclic) bond motifs is 1. The molecule has 0 spiro atoms. The molecule has 0 aliphatic rings. The highest BCUT2D eigenvalue weighted by molar-refractivity contribution is 9.10. The van der Waals surface area contributed by atoms with Crippen LogP contribution in [0.5, 0.6) is 0 Å². The number of aliphatic hydroxyl groups excluding tert-OH is 1. The molecule has 0 saturated carbocycles. The van der Waals surface area contributed by atoms with Crippen LogP contribution in [0.25, 0.3) is 11.0 Å². The van der Waals surface area contributed by atoms with E-state index in [-0.39, 0.29) is 5.82 Å². The molecule has 102 valence electrons. The Morgan fingerprint density at radius 1 is 1.20 bits per heavy atom. The van der Waals surface area contributed by atoms with Gasteiger partial charge < -0.3 is 9.52 Å². The minimum Gasteiger partial charge on any atom is -0.458 e. The van der Waals surface area contributed by atoms with E-state index in [1.165, 1.54) is 12.1 Å². The molecule has 4 heteroatoms. The minimum absolute atomic E-state index is 0.323. The van der Waals surface area contributed by atoms with E-state index in [4.69, 9.17) is 4.42 Å². The van der Waals surface area contributed by atoms with Gasteiger partial charge in [0.1, 0.15) is 23.3 Å². The highest BCUT2D eigenvalue weighted by Crippen LogP contribution is 2.33. The van der Waals surface area contributed by atoms with Crippen molar-refractivity contribution in [3.63, 3.8) is 0 Å². The van der Waals surface area contributed by atoms with E-state index < -0.39 is 6.10 Å². The van der Waals surface area contributed by atoms with Crippen molar-refractivity contribution in [2.75, 3.05) is 0 Å². The summed E-state index contributed by atoms with van der Waals surface area (Å²) >= 11 is 3.47. The summed E-state index contributed by atoms with van der Waals surface area (Å²) in [5, 5.41) is 11.1. The van der Waals surface area contributed by atoms with Crippen molar-refractivity contribution >= 4 is 26.9 Å². The average Bonchev–Trinajstić information content (AvgIpc) is 2.84. The fourth-order valence-corrected chi connectivity index (χ4v) is 2.69. The Kier molecular flexibility index (Phi) is 3.36. The molecule has 0 fully saturated rings. The molecule has 3 rings (SSSR count). The van der Waals surface area contributed by atoms with Crippen molar-refractivity contribution in [2.45, 2.75) is 13.0 Å². The van der Waals surface area contributed by atoms with Crippen molar-refractivity contribution in [1.29, 1.82) is 0 Å². The van der Waals surface area contributed by atoms with Gasteiger partial charge in [-0.15, -0.1) is 0 Å². The van der Waals surface area contributed by atoms with Gasteiger partial charge in [-0.05, 0) is 36.8 Å². The maximum Gasteiger partial charge on any atom is 0.138 e. The van der Waals surface area contributed by atoms with Crippen LogP contribution in [0.4, 0.5) is 4.39 Å². The lowest BCUT2D eigenvalue weighted by Gasteiger charge is -2.11. The number of furan rings is 1. The van der Waals surface area contributed by atoms with Gasteiger partial charge >= 0.3 is 0 Å². The van der Waals surface area contributed by atoms with Gasteiger partial charge in [-0.1, -0.05) is 34.1 Å². The fourth-order valence-electron chi connectivity index (χ4n) is 2.20. The van der Waals surface area contributed by atoms with E-state index in [0.717, 1.165) is 15.6 Å². The van der Waals surface area contributed by atoms with Gasteiger partial charge in [0.05, 0.1) is 0 Å². The summed E-state index contributed by atoms with van der Waals surface area (Å²) in [5.74, 6) is 0.0768. The number of hydrogen-bond donors (Lipinski definition) is 1. The standard InChI is InChI=1S/C16H12BrFO2/c1-9-3-2-4-12(15(9)17)16(19)14-8-10-7-11(18)5-6-13(10)20-14/h2-8,16,19H,1H3. The Morgan fingerprint density at radius 3 is 2.80 bits per heavy atom. The van der Waals surface area contributed by atoms with Crippen LogP contribution < -0.4 is 0 Å². The second kappa shape index (κ2) is 5.04. The first kappa shape index (κ1) is 13.3. The van der Waals surface area contributed by atoms with E-state index in [1.807, 2.05) is 25.1 Å². The number of benzene rings is 2. The third kappa shape index (κ3) is 2.25.